The van der Waals surface area contributed by atoms with Crippen LogP contribution in [0.1, 0.15) is 34.9 Å². The number of ether oxygens (including phenoxy) is 1. The van der Waals surface area contributed by atoms with Gasteiger partial charge in [-0.15, -0.1) is 0 Å². The Morgan fingerprint density at radius 2 is 2.32 bits per heavy atom. The van der Waals surface area contributed by atoms with E-state index < -0.39 is 5.97 Å². The SMILES string of the molecule is COC(=O)c1c(-c2c(Cl)cnn2C)noc1C1CC1. The number of nitrogens with zero attached hydrogens (tertiary/aromatic N) is 3. The number of halogens is 1. The number of hydrogen-bond acceptors (Lipinski definition) is 5. The van der Waals surface area contributed by atoms with Crippen LogP contribution < -0.4 is 0 Å². The molecule has 2 heterocycles. The molecule has 19 heavy (non-hydrogen) atoms. The largest absolute Gasteiger partial charge is 0.465 e. The van der Waals surface area contributed by atoms with Crippen LogP contribution >= 0.6 is 11.6 Å². The average Bonchev–Trinajstić information content (AvgIpc) is 3.08. The van der Waals surface area contributed by atoms with Crippen molar-refractivity contribution in [2.24, 2.45) is 7.05 Å². The molecule has 0 radical (unpaired) electrons. The predicted octanol–water partition coefficient (Wildman–Crippen LogP) is 2.39. The fraction of sp³-hybridized carbons (Fsp3) is 0.417. The summed E-state index contributed by atoms with van der Waals surface area (Å²) in [5, 5.41) is 8.45. The van der Waals surface area contributed by atoms with Crippen molar-refractivity contribution in [3.8, 4) is 11.4 Å². The first kappa shape index (κ1) is 12.2. The maximum atomic E-state index is 12.0. The lowest BCUT2D eigenvalue weighted by Gasteiger charge is -2.02. The van der Waals surface area contributed by atoms with E-state index in [1.54, 1.807) is 11.7 Å². The van der Waals surface area contributed by atoms with E-state index >= 15 is 0 Å². The van der Waals surface area contributed by atoms with Crippen LogP contribution in [0.5, 0.6) is 0 Å². The summed E-state index contributed by atoms with van der Waals surface area (Å²) in [7, 11) is 3.06. The zero-order valence-electron chi connectivity index (χ0n) is 10.5. The minimum Gasteiger partial charge on any atom is -0.465 e. The van der Waals surface area contributed by atoms with Crippen molar-refractivity contribution < 1.29 is 14.1 Å². The normalized spacial score (nSPS) is 14.7. The molecule has 1 aliphatic rings. The van der Waals surface area contributed by atoms with Gasteiger partial charge >= 0.3 is 5.97 Å². The number of esters is 1. The smallest absolute Gasteiger partial charge is 0.343 e. The van der Waals surface area contributed by atoms with Gasteiger partial charge in [-0.25, -0.2) is 4.79 Å². The number of methoxy groups -OCH3 is 1. The van der Waals surface area contributed by atoms with Gasteiger partial charge in [-0.3, -0.25) is 4.68 Å². The summed E-state index contributed by atoms with van der Waals surface area (Å²) in [4.78, 5) is 12.0. The first-order valence-corrected chi connectivity index (χ1v) is 6.27. The van der Waals surface area contributed by atoms with E-state index in [1.807, 2.05) is 0 Å². The Kier molecular flexibility index (Phi) is 2.82. The summed E-state index contributed by atoms with van der Waals surface area (Å²) in [6.07, 6.45) is 3.50. The maximum Gasteiger partial charge on any atom is 0.343 e. The third kappa shape index (κ3) is 1.92. The standard InChI is InChI=1S/C12H12ClN3O3/c1-16-10(7(13)5-14-16)9-8(12(17)18-2)11(19-15-9)6-3-4-6/h5-6H,3-4H2,1-2H3. The van der Waals surface area contributed by atoms with Crippen molar-refractivity contribution in [1.82, 2.24) is 14.9 Å². The van der Waals surface area contributed by atoms with Crippen LogP contribution in [-0.2, 0) is 11.8 Å². The topological polar surface area (TPSA) is 70.2 Å². The van der Waals surface area contributed by atoms with Crippen LogP contribution in [0.2, 0.25) is 5.02 Å². The molecular weight excluding hydrogens is 270 g/mol. The number of aryl methyl sites for hydroxylation is 1. The third-order valence-electron chi connectivity index (χ3n) is 3.17. The number of carbonyl (C=O) groups is 1. The minimum atomic E-state index is -0.463. The van der Waals surface area contributed by atoms with E-state index in [4.69, 9.17) is 20.9 Å². The second-order valence-electron chi connectivity index (χ2n) is 4.50. The Bertz CT molecular complexity index is 623. The highest BCUT2D eigenvalue weighted by atomic mass is 35.5. The molecule has 1 fully saturated rings. The maximum absolute atomic E-state index is 12.0. The molecular formula is C12H12ClN3O3. The molecule has 7 heteroatoms. The molecule has 0 unspecified atom stereocenters. The molecule has 6 nitrogen and oxygen atoms in total. The van der Waals surface area contributed by atoms with Gasteiger partial charge in [-0.2, -0.15) is 5.10 Å². The number of rotatable bonds is 3. The van der Waals surface area contributed by atoms with E-state index in [-0.39, 0.29) is 5.92 Å². The molecule has 0 spiro atoms. The molecule has 1 saturated carbocycles. The summed E-state index contributed by atoms with van der Waals surface area (Å²) in [6, 6.07) is 0. The van der Waals surface area contributed by atoms with Crippen LogP contribution in [0.4, 0.5) is 0 Å². The summed E-state index contributed by atoms with van der Waals surface area (Å²) in [6.45, 7) is 0. The van der Waals surface area contributed by atoms with Crippen molar-refractivity contribution >= 4 is 17.6 Å². The summed E-state index contributed by atoms with van der Waals surface area (Å²) >= 11 is 6.09. The molecule has 0 atom stereocenters. The Morgan fingerprint density at radius 3 is 2.84 bits per heavy atom. The monoisotopic (exact) mass is 281 g/mol. The highest BCUT2D eigenvalue weighted by Gasteiger charge is 2.36. The number of hydrogen-bond donors (Lipinski definition) is 0. The fourth-order valence-corrected chi connectivity index (χ4v) is 2.32. The fourth-order valence-electron chi connectivity index (χ4n) is 2.07. The van der Waals surface area contributed by atoms with Crippen molar-refractivity contribution in [3.05, 3.63) is 22.5 Å². The van der Waals surface area contributed by atoms with Crippen molar-refractivity contribution in [2.75, 3.05) is 7.11 Å². The summed E-state index contributed by atoms with van der Waals surface area (Å²) < 4.78 is 11.7. The Morgan fingerprint density at radius 1 is 1.58 bits per heavy atom. The number of carbonyl (C=O) groups excluding carboxylic acids is 1. The van der Waals surface area contributed by atoms with Gasteiger partial charge in [0.15, 0.2) is 5.76 Å². The van der Waals surface area contributed by atoms with Gasteiger partial charge in [0.2, 0.25) is 0 Å². The van der Waals surface area contributed by atoms with E-state index in [0.29, 0.717) is 27.7 Å². The second-order valence-corrected chi connectivity index (χ2v) is 4.91. The van der Waals surface area contributed by atoms with E-state index in [1.165, 1.54) is 13.3 Å². The molecule has 2 aromatic rings. The molecule has 100 valence electrons. The molecule has 0 aromatic carbocycles. The molecule has 0 aliphatic heterocycles. The molecule has 0 bridgehead atoms. The summed E-state index contributed by atoms with van der Waals surface area (Å²) in [5.41, 5.74) is 1.30. The van der Waals surface area contributed by atoms with Crippen molar-refractivity contribution in [1.29, 1.82) is 0 Å². The zero-order chi connectivity index (χ0) is 13.6. The Labute approximate surface area is 114 Å². The lowest BCUT2D eigenvalue weighted by Crippen LogP contribution is -2.06. The van der Waals surface area contributed by atoms with Crippen LogP contribution in [-0.4, -0.2) is 28.0 Å². The van der Waals surface area contributed by atoms with Crippen LogP contribution in [0, 0.1) is 0 Å². The van der Waals surface area contributed by atoms with Gasteiger partial charge in [0.25, 0.3) is 0 Å². The van der Waals surface area contributed by atoms with E-state index in [9.17, 15) is 4.79 Å². The first-order chi connectivity index (χ1) is 9.13. The lowest BCUT2D eigenvalue weighted by atomic mass is 10.1. The molecule has 0 amide bonds. The van der Waals surface area contributed by atoms with E-state index in [0.717, 1.165) is 12.8 Å². The van der Waals surface area contributed by atoms with Crippen LogP contribution in [0.15, 0.2) is 10.7 Å². The molecule has 3 rings (SSSR count). The molecule has 1 aliphatic carbocycles. The highest BCUT2D eigenvalue weighted by molar-refractivity contribution is 6.33. The Balaban J connectivity index is 2.19. The van der Waals surface area contributed by atoms with Gasteiger partial charge < -0.3 is 9.26 Å². The van der Waals surface area contributed by atoms with Gasteiger partial charge in [-0.05, 0) is 12.8 Å². The Hall–Kier alpha value is -1.82. The number of aromatic nitrogens is 3. The predicted molar refractivity (Wildman–Crippen MR) is 67.0 cm³/mol. The average molecular weight is 282 g/mol. The zero-order valence-corrected chi connectivity index (χ0v) is 11.3. The van der Waals surface area contributed by atoms with Crippen LogP contribution in [0.3, 0.4) is 0 Å². The molecule has 0 N–H and O–H groups in total. The van der Waals surface area contributed by atoms with Crippen molar-refractivity contribution in [3.63, 3.8) is 0 Å². The van der Waals surface area contributed by atoms with Gasteiger partial charge in [0.05, 0.1) is 18.3 Å². The molecule has 2 aromatic heterocycles. The molecule has 0 saturated heterocycles. The quantitative estimate of drug-likeness (QED) is 0.808. The highest BCUT2D eigenvalue weighted by Crippen LogP contribution is 2.44. The van der Waals surface area contributed by atoms with Gasteiger partial charge in [0, 0.05) is 13.0 Å². The van der Waals surface area contributed by atoms with Gasteiger partial charge in [-0.1, -0.05) is 16.8 Å². The summed E-state index contributed by atoms with van der Waals surface area (Å²) in [5.74, 6) is 0.372. The lowest BCUT2D eigenvalue weighted by molar-refractivity contribution is 0.0599. The first-order valence-electron chi connectivity index (χ1n) is 5.89. The van der Waals surface area contributed by atoms with E-state index in [2.05, 4.69) is 10.3 Å². The van der Waals surface area contributed by atoms with Gasteiger partial charge in [0.1, 0.15) is 17.0 Å². The third-order valence-corrected chi connectivity index (χ3v) is 3.45. The van der Waals surface area contributed by atoms with Crippen molar-refractivity contribution in [2.45, 2.75) is 18.8 Å². The van der Waals surface area contributed by atoms with Crippen LogP contribution in [0.25, 0.3) is 11.4 Å². The second kappa shape index (κ2) is 4.38. The minimum absolute atomic E-state index is 0.252.